The van der Waals surface area contributed by atoms with Crippen molar-refractivity contribution in [1.82, 2.24) is 4.37 Å². The molecule has 0 aliphatic heterocycles. The van der Waals surface area contributed by atoms with Gasteiger partial charge in [-0.1, -0.05) is 6.42 Å². The monoisotopic (exact) mass is 247 g/mol. The number of aromatic nitrogens is 1. The molecule has 0 radical (unpaired) electrons. The molecule has 1 aliphatic rings. The Morgan fingerprint density at radius 1 is 1.58 bits per heavy atom. The third-order valence-corrected chi connectivity index (χ3v) is 4.19. The first-order valence-electron chi connectivity index (χ1n) is 4.07. The van der Waals surface area contributed by atoms with E-state index < -0.39 is 0 Å². The minimum atomic E-state index is -0.151. The van der Waals surface area contributed by atoms with Crippen molar-refractivity contribution in [1.29, 1.82) is 0 Å². The standard InChI is InChI=1S/C8H10BrNOS/c9-6-4-10-12-8(6)5-2-1-3-7(5)11/h4-5,7,11H,1-3H2. The van der Waals surface area contributed by atoms with E-state index in [1.165, 1.54) is 16.4 Å². The van der Waals surface area contributed by atoms with E-state index in [9.17, 15) is 5.11 Å². The molecule has 4 heteroatoms. The van der Waals surface area contributed by atoms with Crippen LogP contribution in [-0.2, 0) is 0 Å². The van der Waals surface area contributed by atoms with Gasteiger partial charge in [0.25, 0.3) is 0 Å². The second-order valence-corrected chi connectivity index (χ2v) is 4.83. The molecule has 0 aromatic carbocycles. The Bertz CT molecular complexity index is 276. The summed E-state index contributed by atoms with van der Waals surface area (Å²) in [5, 5.41) is 9.64. The van der Waals surface area contributed by atoms with Crippen LogP contribution in [-0.4, -0.2) is 15.6 Å². The lowest BCUT2D eigenvalue weighted by atomic mass is 10.0. The molecule has 1 heterocycles. The molecule has 0 amide bonds. The molecule has 2 atom stereocenters. The van der Waals surface area contributed by atoms with Gasteiger partial charge in [-0.2, -0.15) is 4.37 Å². The van der Waals surface area contributed by atoms with Gasteiger partial charge in [-0.05, 0) is 40.3 Å². The Morgan fingerprint density at radius 3 is 2.92 bits per heavy atom. The average Bonchev–Trinajstić information content (AvgIpc) is 2.59. The van der Waals surface area contributed by atoms with Gasteiger partial charge in [0.05, 0.1) is 16.8 Å². The summed E-state index contributed by atoms with van der Waals surface area (Å²) in [5.74, 6) is 0.326. The number of halogens is 1. The normalized spacial score (nSPS) is 29.5. The molecule has 1 aromatic heterocycles. The lowest BCUT2D eigenvalue weighted by molar-refractivity contribution is 0.165. The lowest BCUT2D eigenvalue weighted by Gasteiger charge is -2.11. The van der Waals surface area contributed by atoms with Crippen molar-refractivity contribution in [3.05, 3.63) is 15.5 Å². The summed E-state index contributed by atoms with van der Waals surface area (Å²) in [4.78, 5) is 1.21. The fourth-order valence-corrected chi connectivity index (χ4v) is 3.30. The van der Waals surface area contributed by atoms with Crippen LogP contribution in [0.3, 0.4) is 0 Å². The fourth-order valence-electron chi connectivity index (χ4n) is 1.73. The minimum Gasteiger partial charge on any atom is -0.392 e. The number of hydrogen-bond acceptors (Lipinski definition) is 3. The van der Waals surface area contributed by atoms with Crippen molar-refractivity contribution >= 4 is 27.5 Å². The molecule has 12 heavy (non-hydrogen) atoms. The summed E-state index contributed by atoms with van der Waals surface area (Å²) >= 11 is 4.93. The van der Waals surface area contributed by atoms with E-state index in [-0.39, 0.29) is 6.10 Å². The topological polar surface area (TPSA) is 33.1 Å². The molecule has 1 aliphatic carbocycles. The van der Waals surface area contributed by atoms with Gasteiger partial charge in [-0.3, -0.25) is 0 Å². The van der Waals surface area contributed by atoms with E-state index in [4.69, 9.17) is 0 Å². The van der Waals surface area contributed by atoms with Crippen LogP contribution < -0.4 is 0 Å². The molecule has 1 saturated carbocycles. The largest absolute Gasteiger partial charge is 0.392 e. The summed E-state index contributed by atoms with van der Waals surface area (Å²) in [6, 6.07) is 0. The maximum absolute atomic E-state index is 9.64. The van der Waals surface area contributed by atoms with E-state index in [1.807, 2.05) is 6.20 Å². The van der Waals surface area contributed by atoms with Gasteiger partial charge in [0, 0.05) is 10.8 Å². The molecule has 2 nitrogen and oxygen atoms in total. The third-order valence-electron chi connectivity index (χ3n) is 2.37. The zero-order valence-corrected chi connectivity index (χ0v) is 8.94. The molecule has 2 unspecified atom stereocenters. The summed E-state index contributed by atoms with van der Waals surface area (Å²) < 4.78 is 5.14. The highest BCUT2D eigenvalue weighted by atomic mass is 79.9. The summed E-state index contributed by atoms with van der Waals surface area (Å²) in [7, 11) is 0. The average molecular weight is 248 g/mol. The predicted molar refractivity (Wildman–Crippen MR) is 52.4 cm³/mol. The van der Waals surface area contributed by atoms with Crippen molar-refractivity contribution in [2.75, 3.05) is 0 Å². The zero-order valence-electron chi connectivity index (χ0n) is 6.53. The Hall–Kier alpha value is 0.0700. The molecule has 1 N–H and O–H groups in total. The maximum Gasteiger partial charge on any atom is 0.0617 e. The fraction of sp³-hybridized carbons (Fsp3) is 0.625. The molecular weight excluding hydrogens is 238 g/mol. The van der Waals surface area contributed by atoms with E-state index in [0.717, 1.165) is 23.7 Å². The molecular formula is C8H10BrNOS. The molecule has 0 saturated heterocycles. The molecule has 66 valence electrons. The number of aliphatic hydroxyl groups excluding tert-OH is 1. The molecule has 1 fully saturated rings. The maximum atomic E-state index is 9.64. The van der Waals surface area contributed by atoms with Gasteiger partial charge in [0.1, 0.15) is 0 Å². The van der Waals surface area contributed by atoms with Gasteiger partial charge >= 0.3 is 0 Å². The number of aliphatic hydroxyl groups is 1. The highest BCUT2D eigenvalue weighted by molar-refractivity contribution is 9.10. The first kappa shape index (κ1) is 8.66. The van der Waals surface area contributed by atoms with Gasteiger partial charge in [0.15, 0.2) is 0 Å². The number of nitrogens with zero attached hydrogens (tertiary/aromatic N) is 1. The van der Waals surface area contributed by atoms with Gasteiger partial charge < -0.3 is 5.11 Å². The van der Waals surface area contributed by atoms with Crippen LogP contribution in [0.25, 0.3) is 0 Å². The van der Waals surface area contributed by atoms with E-state index in [2.05, 4.69) is 20.3 Å². The van der Waals surface area contributed by atoms with Crippen LogP contribution in [0.15, 0.2) is 10.7 Å². The van der Waals surface area contributed by atoms with Gasteiger partial charge in [-0.15, -0.1) is 0 Å². The van der Waals surface area contributed by atoms with Crippen LogP contribution in [0.1, 0.15) is 30.1 Å². The van der Waals surface area contributed by atoms with Crippen molar-refractivity contribution in [3.8, 4) is 0 Å². The summed E-state index contributed by atoms with van der Waals surface area (Å²) in [6.07, 6.45) is 4.83. The Balaban J connectivity index is 2.24. The minimum absolute atomic E-state index is 0.151. The molecule has 2 rings (SSSR count). The van der Waals surface area contributed by atoms with Crippen molar-refractivity contribution in [2.45, 2.75) is 31.3 Å². The van der Waals surface area contributed by atoms with Crippen molar-refractivity contribution in [2.24, 2.45) is 0 Å². The van der Waals surface area contributed by atoms with Crippen LogP contribution >= 0.6 is 27.5 Å². The summed E-state index contributed by atoms with van der Waals surface area (Å²) in [6.45, 7) is 0. The first-order valence-corrected chi connectivity index (χ1v) is 5.64. The number of hydrogen-bond donors (Lipinski definition) is 1. The van der Waals surface area contributed by atoms with Gasteiger partial charge in [0.2, 0.25) is 0 Å². The second-order valence-electron chi connectivity index (χ2n) is 3.14. The highest BCUT2D eigenvalue weighted by Crippen LogP contribution is 2.39. The van der Waals surface area contributed by atoms with Crippen LogP contribution in [0, 0.1) is 0 Å². The molecule has 0 spiro atoms. The predicted octanol–water partition coefficient (Wildman–Crippen LogP) is 2.53. The van der Waals surface area contributed by atoms with Crippen LogP contribution in [0.5, 0.6) is 0 Å². The Kier molecular flexibility index (Phi) is 2.48. The van der Waals surface area contributed by atoms with E-state index in [1.54, 1.807) is 0 Å². The SMILES string of the molecule is OC1CCCC1c1sncc1Br. The van der Waals surface area contributed by atoms with Crippen molar-refractivity contribution < 1.29 is 5.11 Å². The zero-order chi connectivity index (χ0) is 8.55. The smallest absolute Gasteiger partial charge is 0.0617 e. The third kappa shape index (κ3) is 1.43. The Labute approximate surface area is 83.9 Å². The number of rotatable bonds is 1. The highest BCUT2D eigenvalue weighted by Gasteiger charge is 2.29. The second kappa shape index (κ2) is 3.44. The lowest BCUT2D eigenvalue weighted by Crippen LogP contribution is -2.09. The summed E-state index contributed by atoms with van der Waals surface area (Å²) in [5.41, 5.74) is 0. The van der Waals surface area contributed by atoms with E-state index in [0.29, 0.717) is 5.92 Å². The Morgan fingerprint density at radius 2 is 2.42 bits per heavy atom. The van der Waals surface area contributed by atoms with Crippen LogP contribution in [0.4, 0.5) is 0 Å². The van der Waals surface area contributed by atoms with E-state index >= 15 is 0 Å². The molecule has 1 aromatic rings. The van der Waals surface area contributed by atoms with Gasteiger partial charge in [-0.25, -0.2) is 0 Å². The van der Waals surface area contributed by atoms with Crippen molar-refractivity contribution in [3.63, 3.8) is 0 Å². The van der Waals surface area contributed by atoms with Crippen LogP contribution in [0.2, 0.25) is 0 Å². The molecule has 0 bridgehead atoms. The first-order chi connectivity index (χ1) is 5.79. The quantitative estimate of drug-likeness (QED) is 0.828.